The molecule has 0 radical (unpaired) electrons. The lowest BCUT2D eigenvalue weighted by atomic mass is 10.1. The Bertz CT molecular complexity index is 490. The zero-order chi connectivity index (χ0) is 13.2. The molecule has 0 fully saturated rings. The van der Waals surface area contributed by atoms with E-state index in [0.29, 0.717) is 5.82 Å². The highest BCUT2D eigenvalue weighted by Gasteiger charge is 2.41. The molecule has 0 amide bonds. The Hall–Kier alpha value is -2.02. The van der Waals surface area contributed by atoms with E-state index in [1.54, 1.807) is 12.1 Å². The van der Waals surface area contributed by atoms with Crippen LogP contribution in [0.3, 0.4) is 0 Å². The Morgan fingerprint density at radius 3 is 2.33 bits per heavy atom. The van der Waals surface area contributed by atoms with Crippen molar-refractivity contribution in [2.24, 2.45) is 5.84 Å². The average molecular weight is 256 g/mol. The first-order valence-corrected chi connectivity index (χ1v) is 5.14. The second-order valence-corrected chi connectivity index (χ2v) is 3.70. The molecule has 18 heavy (non-hydrogen) atoms. The van der Waals surface area contributed by atoms with Crippen LogP contribution >= 0.6 is 0 Å². The first-order chi connectivity index (χ1) is 8.52. The van der Waals surface area contributed by atoms with Gasteiger partial charge < -0.3 is 9.99 Å². The summed E-state index contributed by atoms with van der Waals surface area (Å²) in [6, 6.07) is 4.09. The zero-order valence-electron chi connectivity index (χ0n) is 9.22. The van der Waals surface area contributed by atoms with Crippen molar-refractivity contribution in [1.29, 1.82) is 0 Å². The number of pyridine rings is 1. The number of nitrogens with one attached hydrogen (secondary N) is 1. The molecule has 2 rings (SSSR count). The number of halogens is 3. The minimum atomic E-state index is -4.39. The van der Waals surface area contributed by atoms with Crippen molar-refractivity contribution in [1.82, 2.24) is 9.55 Å². The van der Waals surface area contributed by atoms with Gasteiger partial charge in [0.25, 0.3) is 0 Å². The number of alkyl halides is 3. The molecule has 7 heteroatoms. The molecule has 96 valence electrons. The number of anilines is 1. The Labute approximate surface area is 101 Å². The van der Waals surface area contributed by atoms with E-state index in [1.165, 1.54) is 24.5 Å². The average Bonchev–Trinajstić information content (AvgIpc) is 2.82. The van der Waals surface area contributed by atoms with E-state index >= 15 is 0 Å². The van der Waals surface area contributed by atoms with Crippen LogP contribution < -0.4 is 11.3 Å². The summed E-state index contributed by atoms with van der Waals surface area (Å²) in [7, 11) is 0. The molecule has 4 nitrogen and oxygen atoms in total. The van der Waals surface area contributed by atoms with E-state index in [1.807, 2.05) is 0 Å². The van der Waals surface area contributed by atoms with Crippen molar-refractivity contribution in [2.45, 2.75) is 12.2 Å². The SMILES string of the molecule is NNc1ccc([C@@H](n2cccc2)C(F)(F)F)cn1. The van der Waals surface area contributed by atoms with Gasteiger partial charge in [-0.1, -0.05) is 6.07 Å². The van der Waals surface area contributed by atoms with Crippen molar-refractivity contribution >= 4 is 5.82 Å². The summed E-state index contributed by atoms with van der Waals surface area (Å²) in [5, 5.41) is 0. The van der Waals surface area contributed by atoms with E-state index in [0.717, 1.165) is 10.8 Å². The molecule has 3 N–H and O–H groups in total. The maximum Gasteiger partial charge on any atom is 0.413 e. The number of aromatic nitrogens is 2. The van der Waals surface area contributed by atoms with Crippen molar-refractivity contribution in [2.75, 3.05) is 5.43 Å². The molecular formula is C11H11F3N4. The Balaban J connectivity index is 2.40. The Morgan fingerprint density at radius 1 is 1.22 bits per heavy atom. The van der Waals surface area contributed by atoms with Crippen molar-refractivity contribution < 1.29 is 13.2 Å². The van der Waals surface area contributed by atoms with Crippen LogP contribution in [0.25, 0.3) is 0 Å². The second kappa shape index (κ2) is 4.69. The molecule has 0 bridgehead atoms. The van der Waals surface area contributed by atoms with E-state index in [4.69, 9.17) is 5.84 Å². The highest BCUT2D eigenvalue weighted by molar-refractivity contribution is 5.35. The van der Waals surface area contributed by atoms with Crippen LogP contribution in [0.4, 0.5) is 19.0 Å². The largest absolute Gasteiger partial charge is 0.413 e. The van der Waals surface area contributed by atoms with Gasteiger partial charge in [0.05, 0.1) is 0 Å². The molecule has 0 aliphatic heterocycles. The summed E-state index contributed by atoms with van der Waals surface area (Å²) in [4.78, 5) is 3.79. The maximum atomic E-state index is 13.1. The minimum absolute atomic E-state index is 0.0534. The summed E-state index contributed by atoms with van der Waals surface area (Å²) >= 11 is 0. The quantitative estimate of drug-likeness (QED) is 0.654. The van der Waals surface area contributed by atoms with E-state index in [-0.39, 0.29) is 5.56 Å². The van der Waals surface area contributed by atoms with Crippen LogP contribution in [-0.2, 0) is 0 Å². The fraction of sp³-hybridized carbons (Fsp3) is 0.182. The van der Waals surface area contributed by atoms with Gasteiger partial charge in [0.2, 0.25) is 0 Å². The predicted octanol–water partition coefficient (Wildman–Crippen LogP) is 2.32. The number of nitrogens with zero attached hydrogens (tertiary/aromatic N) is 2. The van der Waals surface area contributed by atoms with E-state index in [2.05, 4.69) is 10.4 Å². The molecule has 0 saturated carbocycles. The highest BCUT2D eigenvalue weighted by Crippen LogP contribution is 2.35. The summed E-state index contributed by atoms with van der Waals surface area (Å²) in [5.74, 6) is 5.43. The molecule has 0 aromatic carbocycles. The van der Waals surface area contributed by atoms with Crippen LogP contribution in [0.1, 0.15) is 11.6 Å². The highest BCUT2D eigenvalue weighted by atomic mass is 19.4. The molecule has 2 aromatic heterocycles. The third-order valence-corrected chi connectivity index (χ3v) is 2.49. The Morgan fingerprint density at radius 2 is 1.89 bits per heavy atom. The molecule has 0 spiro atoms. The number of hydrogen-bond donors (Lipinski definition) is 2. The molecule has 1 atom stereocenters. The van der Waals surface area contributed by atoms with Crippen LogP contribution in [0, 0.1) is 0 Å². The standard InChI is InChI=1S/C11H11F3N4/c12-11(13,14)10(18-5-1-2-6-18)8-3-4-9(17-15)16-7-8/h1-7,10H,15H2,(H,16,17)/t10-/m1/s1. The number of hydrogen-bond acceptors (Lipinski definition) is 3. The monoisotopic (exact) mass is 256 g/mol. The lowest BCUT2D eigenvalue weighted by Crippen LogP contribution is -2.27. The van der Waals surface area contributed by atoms with Crippen LogP contribution in [0.2, 0.25) is 0 Å². The molecular weight excluding hydrogens is 245 g/mol. The van der Waals surface area contributed by atoms with Gasteiger partial charge in [-0.2, -0.15) is 13.2 Å². The molecule has 0 saturated heterocycles. The van der Waals surface area contributed by atoms with Gasteiger partial charge >= 0.3 is 6.18 Å². The predicted molar refractivity (Wildman–Crippen MR) is 60.7 cm³/mol. The van der Waals surface area contributed by atoms with Gasteiger partial charge in [-0.3, -0.25) is 0 Å². The Kier molecular flexibility index (Phi) is 3.24. The fourth-order valence-electron chi connectivity index (χ4n) is 1.70. The third kappa shape index (κ3) is 2.45. The zero-order valence-corrected chi connectivity index (χ0v) is 9.22. The van der Waals surface area contributed by atoms with E-state index in [9.17, 15) is 13.2 Å². The van der Waals surface area contributed by atoms with Gasteiger partial charge in [0.15, 0.2) is 6.04 Å². The van der Waals surface area contributed by atoms with Crippen LogP contribution in [0.5, 0.6) is 0 Å². The normalized spacial score (nSPS) is 13.3. The van der Waals surface area contributed by atoms with Crippen molar-refractivity contribution in [3.8, 4) is 0 Å². The first-order valence-electron chi connectivity index (χ1n) is 5.14. The number of hydrazine groups is 1. The topological polar surface area (TPSA) is 55.9 Å². The molecule has 0 aliphatic rings. The van der Waals surface area contributed by atoms with Crippen LogP contribution in [-0.4, -0.2) is 15.7 Å². The summed E-state index contributed by atoms with van der Waals surface area (Å²) < 4.78 is 40.3. The van der Waals surface area contributed by atoms with Crippen molar-refractivity contribution in [3.05, 3.63) is 48.4 Å². The number of nitrogens with two attached hydrogens (primary N) is 1. The maximum absolute atomic E-state index is 13.1. The summed E-state index contributed by atoms with van der Waals surface area (Å²) in [5.41, 5.74) is 2.32. The van der Waals surface area contributed by atoms with E-state index < -0.39 is 12.2 Å². The molecule has 2 aromatic rings. The van der Waals surface area contributed by atoms with Crippen molar-refractivity contribution in [3.63, 3.8) is 0 Å². The number of rotatable bonds is 3. The summed E-state index contributed by atoms with van der Waals surface area (Å²) in [6.45, 7) is 0. The lowest BCUT2D eigenvalue weighted by molar-refractivity contribution is -0.156. The van der Waals surface area contributed by atoms with Crippen LogP contribution in [0.15, 0.2) is 42.9 Å². The van der Waals surface area contributed by atoms with Gasteiger partial charge in [0, 0.05) is 24.2 Å². The minimum Gasteiger partial charge on any atom is -0.338 e. The van der Waals surface area contributed by atoms with Gasteiger partial charge in [0.1, 0.15) is 5.82 Å². The first kappa shape index (κ1) is 12.4. The number of nitrogen functional groups attached to an aromatic ring is 1. The lowest BCUT2D eigenvalue weighted by Gasteiger charge is -2.22. The van der Waals surface area contributed by atoms with Gasteiger partial charge in [-0.25, -0.2) is 10.8 Å². The third-order valence-electron chi connectivity index (χ3n) is 2.49. The molecule has 0 unspecified atom stereocenters. The smallest absolute Gasteiger partial charge is 0.338 e. The van der Waals surface area contributed by atoms with Gasteiger partial charge in [-0.05, 0) is 18.2 Å². The second-order valence-electron chi connectivity index (χ2n) is 3.70. The fourth-order valence-corrected chi connectivity index (χ4v) is 1.70. The summed E-state index contributed by atoms with van der Waals surface area (Å²) in [6.07, 6.45) is -0.494. The van der Waals surface area contributed by atoms with Gasteiger partial charge in [-0.15, -0.1) is 0 Å². The molecule has 2 heterocycles. The molecule has 0 aliphatic carbocycles.